The van der Waals surface area contributed by atoms with Gasteiger partial charge in [-0.05, 0) is 42.9 Å². The molecule has 0 saturated carbocycles. The first-order valence-corrected chi connectivity index (χ1v) is 6.70. The Labute approximate surface area is 116 Å². The van der Waals surface area contributed by atoms with Gasteiger partial charge in [-0.2, -0.15) is 0 Å². The molecule has 0 amide bonds. The van der Waals surface area contributed by atoms with Crippen LogP contribution in [0.1, 0.15) is 42.5 Å². The van der Waals surface area contributed by atoms with Crippen molar-refractivity contribution in [3.05, 3.63) is 34.4 Å². The van der Waals surface area contributed by atoms with Crippen LogP contribution in [0.3, 0.4) is 0 Å². The maximum atomic E-state index is 10.8. The topological polar surface area (TPSA) is 49.3 Å². The molecule has 2 N–H and O–H groups in total. The Morgan fingerprint density at radius 3 is 2.21 bits per heavy atom. The summed E-state index contributed by atoms with van der Waals surface area (Å²) in [6.45, 7) is 11.8. The number of hydrogen-bond acceptors (Lipinski definition) is 2. The minimum absolute atomic E-state index is 0.186. The summed E-state index contributed by atoms with van der Waals surface area (Å²) >= 11 is 0. The van der Waals surface area contributed by atoms with Gasteiger partial charge in [-0.15, -0.1) is 0 Å². The standard InChI is InChI=1S/C16H25NO2/c1-11-6-12(2)14(13(3)7-11)9-17-10-16(4,5)8-15(18)19/h6-7,17H,8-10H2,1-5H3,(H,18,19). The summed E-state index contributed by atoms with van der Waals surface area (Å²) in [5.41, 5.74) is 4.96. The maximum absolute atomic E-state index is 10.8. The van der Waals surface area contributed by atoms with Crippen molar-refractivity contribution in [2.24, 2.45) is 5.41 Å². The molecule has 1 aromatic rings. The molecular formula is C16H25NO2. The lowest BCUT2D eigenvalue weighted by atomic mass is 9.89. The third-order valence-electron chi connectivity index (χ3n) is 3.38. The average molecular weight is 263 g/mol. The van der Waals surface area contributed by atoms with Gasteiger partial charge in [-0.3, -0.25) is 4.79 Å². The number of nitrogens with one attached hydrogen (secondary N) is 1. The summed E-state index contributed by atoms with van der Waals surface area (Å²) < 4.78 is 0. The molecule has 19 heavy (non-hydrogen) atoms. The van der Waals surface area contributed by atoms with Crippen molar-refractivity contribution in [2.75, 3.05) is 6.54 Å². The van der Waals surface area contributed by atoms with E-state index in [1.165, 1.54) is 22.3 Å². The van der Waals surface area contributed by atoms with Crippen molar-refractivity contribution in [2.45, 2.75) is 47.6 Å². The summed E-state index contributed by atoms with van der Waals surface area (Å²) in [5, 5.41) is 12.2. The molecule has 0 radical (unpaired) electrons. The largest absolute Gasteiger partial charge is 0.481 e. The zero-order valence-electron chi connectivity index (χ0n) is 12.6. The Hall–Kier alpha value is -1.35. The second-order valence-electron chi connectivity index (χ2n) is 6.22. The molecule has 106 valence electrons. The molecular weight excluding hydrogens is 238 g/mol. The minimum atomic E-state index is -0.741. The van der Waals surface area contributed by atoms with Crippen molar-refractivity contribution in [1.82, 2.24) is 5.32 Å². The number of carboxylic acid groups (broad SMARTS) is 1. The highest BCUT2D eigenvalue weighted by Gasteiger charge is 2.21. The predicted octanol–water partition coefficient (Wildman–Crippen LogP) is 3.20. The predicted molar refractivity (Wildman–Crippen MR) is 78.4 cm³/mol. The normalized spacial score (nSPS) is 11.6. The molecule has 0 aliphatic heterocycles. The van der Waals surface area contributed by atoms with Gasteiger partial charge in [0.2, 0.25) is 0 Å². The van der Waals surface area contributed by atoms with E-state index in [4.69, 9.17) is 5.11 Å². The van der Waals surface area contributed by atoms with Gasteiger partial charge in [0.1, 0.15) is 0 Å². The third kappa shape index (κ3) is 5.03. The quantitative estimate of drug-likeness (QED) is 0.828. The molecule has 1 rings (SSSR count). The zero-order chi connectivity index (χ0) is 14.6. The Balaban J connectivity index is 2.61. The summed E-state index contributed by atoms with van der Waals surface area (Å²) in [7, 11) is 0. The van der Waals surface area contributed by atoms with Crippen molar-refractivity contribution in [3.8, 4) is 0 Å². The van der Waals surface area contributed by atoms with Crippen LogP contribution in [0, 0.1) is 26.2 Å². The fraction of sp³-hybridized carbons (Fsp3) is 0.562. The van der Waals surface area contributed by atoms with Crippen LogP contribution in [-0.2, 0) is 11.3 Å². The van der Waals surface area contributed by atoms with E-state index in [9.17, 15) is 4.79 Å². The minimum Gasteiger partial charge on any atom is -0.481 e. The van der Waals surface area contributed by atoms with Crippen LogP contribution in [0.2, 0.25) is 0 Å². The lowest BCUT2D eigenvalue weighted by Crippen LogP contribution is -2.31. The van der Waals surface area contributed by atoms with Gasteiger partial charge in [0, 0.05) is 13.1 Å². The van der Waals surface area contributed by atoms with E-state index < -0.39 is 5.97 Å². The fourth-order valence-corrected chi connectivity index (χ4v) is 2.49. The molecule has 0 aliphatic carbocycles. The lowest BCUT2D eigenvalue weighted by Gasteiger charge is -2.23. The highest BCUT2D eigenvalue weighted by molar-refractivity contribution is 5.67. The molecule has 0 heterocycles. The Morgan fingerprint density at radius 2 is 1.74 bits per heavy atom. The van der Waals surface area contributed by atoms with Crippen molar-refractivity contribution < 1.29 is 9.90 Å². The van der Waals surface area contributed by atoms with Crippen LogP contribution in [-0.4, -0.2) is 17.6 Å². The molecule has 0 atom stereocenters. The van der Waals surface area contributed by atoms with E-state index in [-0.39, 0.29) is 11.8 Å². The number of benzene rings is 1. The highest BCUT2D eigenvalue weighted by atomic mass is 16.4. The van der Waals surface area contributed by atoms with E-state index in [0.717, 1.165) is 6.54 Å². The zero-order valence-corrected chi connectivity index (χ0v) is 12.6. The molecule has 0 saturated heterocycles. The van der Waals surface area contributed by atoms with Crippen molar-refractivity contribution >= 4 is 5.97 Å². The fourth-order valence-electron chi connectivity index (χ4n) is 2.49. The van der Waals surface area contributed by atoms with Gasteiger partial charge < -0.3 is 10.4 Å². The van der Waals surface area contributed by atoms with Crippen LogP contribution >= 0.6 is 0 Å². The number of carboxylic acids is 1. The first-order valence-electron chi connectivity index (χ1n) is 6.70. The summed E-state index contributed by atoms with van der Waals surface area (Å²) in [6.07, 6.45) is 0.186. The molecule has 0 unspecified atom stereocenters. The summed E-state index contributed by atoms with van der Waals surface area (Å²) in [6, 6.07) is 4.37. The molecule has 0 spiro atoms. The molecule has 3 nitrogen and oxygen atoms in total. The van der Waals surface area contributed by atoms with Gasteiger partial charge in [-0.25, -0.2) is 0 Å². The number of carbonyl (C=O) groups is 1. The van der Waals surface area contributed by atoms with Crippen LogP contribution in [0.25, 0.3) is 0 Å². The smallest absolute Gasteiger partial charge is 0.303 e. The van der Waals surface area contributed by atoms with E-state index in [1.54, 1.807) is 0 Å². The number of aryl methyl sites for hydroxylation is 3. The van der Waals surface area contributed by atoms with Crippen molar-refractivity contribution in [3.63, 3.8) is 0 Å². The van der Waals surface area contributed by atoms with Crippen LogP contribution in [0.15, 0.2) is 12.1 Å². The van der Waals surface area contributed by atoms with Gasteiger partial charge >= 0.3 is 5.97 Å². The summed E-state index contributed by atoms with van der Waals surface area (Å²) in [4.78, 5) is 10.8. The second-order valence-corrected chi connectivity index (χ2v) is 6.22. The van der Waals surface area contributed by atoms with Gasteiger partial charge in [0.05, 0.1) is 6.42 Å². The number of rotatable bonds is 6. The van der Waals surface area contributed by atoms with E-state index >= 15 is 0 Å². The molecule has 1 aromatic carbocycles. The SMILES string of the molecule is Cc1cc(C)c(CNCC(C)(C)CC(=O)O)c(C)c1. The van der Waals surface area contributed by atoms with Gasteiger partial charge in [0.25, 0.3) is 0 Å². The van der Waals surface area contributed by atoms with Crippen LogP contribution < -0.4 is 5.32 Å². The highest BCUT2D eigenvalue weighted by Crippen LogP contribution is 2.20. The monoisotopic (exact) mass is 263 g/mol. The lowest BCUT2D eigenvalue weighted by molar-refractivity contribution is -0.139. The van der Waals surface area contributed by atoms with Crippen molar-refractivity contribution in [1.29, 1.82) is 0 Å². The molecule has 3 heteroatoms. The Bertz CT molecular complexity index is 441. The molecule has 0 fully saturated rings. The van der Waals surface area contributed by atoms with E-state index in [2.05, 4.69) is 38.2 Å². The van der Waals surface area contributed by atoms with Crippen LogP contribution in [0.5, 0.6) is 0 Å². The molecule has 0 aromatic heterocycles. The maximum Gasteiger partial charge on any atom is 0.303 e. The Kier molecular flexibility index (Phi) is 5.12. The summed E-state index contributed by atoms with van der Waals surface area (Å²) in [5.74, 6) is -0.741. The first kappa shape index (κ1) is 15.7. The molecule has 0 bridgehead atoms. The third-order valence-corrected chi connectivity index (χ3v) is 3.38. The van der Waals surface area contributed by atoms with Gasteiger partial charge in [0.15, 0.2) is 0 Å². The number of hydrogen-bond donors (Lipinski definition) is 2. The van der Waals surface area contributed by atoms with Gasteiger partial charge in [-0.1, -0.05) is 31.5 Å². The second kappa shape index (κ2) is 6.20. The molecule has 0 aliphatic rings. The number of aliphatic carboxylic acids is 1. The first-order chi connectivity index (χ1) is 8.71. The average Bonchev–Trinajstić information content (AvgIpc) is 2.19. The Morgan fingerprint density at radius 1 is 1.21 bits per heavy atom. The van der Waals surface area contributed by atoms with E-state index in [0.29, 0.717) is 6.54 Å². The van der Waals surface area contributed by atoms with Crippen LogP contribution in [0.4, 0.5) is 0 Å². The van der Waals surface area contributed by atoms with E-state index in [1.807, 2.05) is 13.8 Å².